The fourth-order valence-corrected chi connectivity index (χ4v) is 1.91. The monoisotopic (exact) mass is 242 g/mol. The number of hydrogen-bond acceptors (Lipinski definition) is 3. The first kappa shape index (κ1) is 12.2. The molecule has 0 saturated carbocycles. The molecule has 1 atom stereocenters. The van der Waals surface area contributed by atoms with Crippen molar-refractivity contribution in [3.05, 3.63) is 60.2 Å². The van der Waals surface area contributed by atoms with Gasteiger partial charge in [0.05, 0.1) is 6.42 Å². The number of carboxylic acids is 1. The second-order valence-corrected chi connectivity index (χ2v) is 4.11. The highest BCUT2D eigenvalue weighted by atomic mass is 16.4. The van der Waals surface area contributed by atoms with Gasteiger partial charge in [-0.1, -0.05) is 12.1 Å². The number of pyridine rings is 2. The van der Waals surface area contributed by atoms with Crippen LogP contribution in [-0.2, 0) is 11.2 Å². The summed E-state index contributed by atoms with van der Waals surface area (Å²) in [6.45, 7) is 0. The highest BCUT2D eigenvalue weighted by Crippen LogP contribution is 2.22. The van der Waals surface area contributed by atoms with E-state index in [4.69, 9.17) is 5.11 Å². The fourth-order valence-electron chi connectivity index (χ4n) is 1.91. The standard InChI is InChI=1S/C14H14N2O2/c17-14(18)9-12(13-5-1-2-7-16-13)8-11-4-3-6-15-10-11/h1-7,10,12H,8-9H2,(H,17,18). The number of aromatic nitrogens is 2. The summed E-state index contributed by atoms with van der Waals surface area (Å²) < 4.78 is 0. The van der Waals surface area contributed by atoms with Crippen molar-refractivity contribution < 1.29 is 9.90 Å². The Balaban J connectivity index is 2.18. The van der Waals surface area contributed by atoms with Gasteiger partial charge in [0, 0.05) is 30.2 Å². The zero-order chi connectivity index (χ0) is 12.8. The van der Waals surface area contributed by atoms with Crippen molar-refractivity contribution in [2.24, 2.45) is 0 Å². The molecule has 1 N–H and O–H groups in total. The summed E-state index contributed by atoms with van der Waals surface area (Å²) in [4.78, 5) is 19.2. The molecule has 0 bridgehead atoms. The van der Waals surface area contributed by atoms with Gasteiger partial charge in [-0.2, -0.15) is 0 Å². The molecule has 1 unspecified atom stereocenters. The fraction of sp³-hybridized carbons (Fsp3) is 0.214. The maximum Gasteiger partial charge on any atom is 0.304 e. The van der Waals surface area contributed by atoms with E-state index in [1.165, 1.54) is 0 Å². The Labute approximate surface area is 105 Å². The Morgan fingerprint density at radius 2 is 2.11 bits per heavy atom. The normalized spacial score (nSPS) is 12.0. The third kappa shape index (κ3) is 3.38. The number of aliphatic carboxylic acids is 1. The van der Waals surface area contributed by atoms with Gasteiger partial charge < -0.3 is 5.11 Å². The molecule has 18 heavy (non-hydrogen) atoms. The third-order valence-corrected chi connectivity index (χ3v) is 2.73. The number of nitrogens with zero attached hydrogens (tertiary/aromatic N) is 2. The number of carbonyl (C=O) groups is 1. The maximum absolute atomic E-state index is 10.9. The van der Waals surface area contributed by atoms with Crippen molar-refractivity contribution in [1.29, 1.82) is 0 Å². The lowest BCUT2D eigenvalue weighted by atomic mass is 9.93. The predicted molar refractivity (Wildman–Crippen MR) is 67.2 cm³/mol. The van der Waals surface area contributed by atoms with Crippen LogP contribution in [0, 0.1) is 0 Å². The zero-order valence-electron chi connectivity index (χ0n) is 9.86. The minimum absolute atomic E-state index is 0.0753. The summed E-state index contributed by atoms with van der Waals surface area (Å²) in [6, 6.07) is 9.37. The molecule has 92 valence electrons. The number of rotatable bonds is 5. The summed E-state index contributed by atoms with van der Waals surface area (Å²) in [5, 5.41) is 8.98. The van der Waals surface area contributed by atoms with Crippen LogP contribution in [0.2, 0.25) is 0 Å². The van der Waals surface area contributed by atoms with Crippen molar-refractivity contribution >= 4 is 5.97 Å². The van der Waals surface area contributed by atoms with Gasteiger partial charge in [-0.3, -0.25) is 14.8 Å². The van der Waals surface area contributed by atoms with Crippen molar-refractivity contribution in [2.75, 3.05) is 0 Å². The molecule has 2 rings (SSSR count). The second kappa shape index (κ2) is 5.91. The molecular formula is C14H14N2O2. The summed E-state index contributed by atoms with van der Waals surface area (Å²) in [6.07, 6.45) is 5.87. The Bertz CT molecular complexity index is 500. The van der Waals surface area contributed by atoms with Crippen LogP contribution in [0.5, 0.6) is 0 Å². The van der Waals surface area contributed by atoms with Crippen LogP contribution in [0.1, 0.15) is 23.6 Å². The molecular weight excluding hydrogens is 228 g/mol. The van der Waals surface area contributed by atoms with Gasteiger partial charge in [0.25, 0.3) is 0 Å². The molecule has 4 heteroatoms. The molecule has 0 fully saturated rings. The molecule has 0 aliphatic carbocycles. The first-order valence-electron chi connectivity index (χ1n) is 5.77. The van der Waals surface area contributed by atoms with Gasteiger partial charge in [-0.25, -0.2) is 0 Å². The lowest BCUT2D eigenvalue weighted by Gasteiger charge is -2.13. The van der Waals surface area contributed by atoms with Crippen molar-refractivity contribution in [3.63, 3.8) is 0 Å². The van der Waals surface area contributed by atoms with Crippen LogP contribution in [0.3, 0.4) is 0 Å². The summed E-state index contributed by atoms with van der Waals surface area (Å²) in [5.41, 5.74) is 1.83. The molecule has 2 aromatic rings. The predicted octanol–water partition coefficient (Wildman–Crippen LogP) is 2.28. The topological polar surface area (TPSA) is 63.1 Å². The van der Waals surface area contributed by atoms with E-state index >= 15 is 0 Å². The summed E-state index contributed by atoms with van der Waals surface area (Å²) in [7, 11) is 0. The van der Waals surface area contributed by atoms with E-state index in [0.717, 1.165) is 11.3 Å². The molecule has 0 aliphatic rings. The van der Waals surface area contributed by atoms with Crippen molar-refractivity contribution in [3.8, 4) is 0 Å². The van der Waals surface area contributed by atoms with Gasteiger partial charge in [0.15, 0.2) is 0 Å². The molecule has 0 amide bonds. The highest BCUT2D eigenvalue weighted by molar-refractivity contribution is 5.68. The quantitative estimate of drug-likeness (QED) is 0.873. The summed E-state index contributed by atoms with van der Waals surface area (Å²) in [5.74, 6) is -0.928. The van der Waals surface area contributed by atoms with Crippen LogP contribution < -0.4 is 0 Å². The van der Waals surface area contributed by atoms with Gasteiger partial charge in [-0.05, 0) is 30.2 Å². The van der Waals surface area contributed by atoms with Crippen LogP contribution >= 0.6 is 0 Å². The van der Waals surface area contributed by atoms with Crippen molar-refractivity contribution in [1.82, 2.24) is 9.97 Å². The Hall–Kier alpha value is -2.23. The van der Waals surface area contributed by atoms with E-state index in [1.54, 1.807) is 18.6 Å². The first-order chi connectivity index (χ1) is 8.75. The largest absolute Gasteiger partial charge is 0.481 e. The van der Waals surface area contributed by atoms with E-state index in [1.807, 2.05) is 30.3 Å². The highest BCUT2D eigenvalue weighted by Gasteiger charge is 2.17. The molecule has 0 saturated heterocycles. The van der Waals surface area contributed by atoms with Crippen LogP contribution in [0.4, 0.5) is 0 Å². The first-order valence-corrected chi connectivity index (χ1v) is 5.77. The minimum Gasteiger partial charge on any atom is -0.481 e. The Kier molecular flexibility index (Phi) is 4.02. The van der Waals surface area contributed by atoms with Gasteiger partial charge in [0.1, 0.15) is 0 Å². The second-order valence-electron chi connectivity index (χ2n) is 4.11. The zero-order valence-corrected chi connectivity index (χ0v) is 9.86. The lowest BCUT2D eigenvalue weighted by Crippen LogP contribution is -2.10. The van der Waals surface area contributed by atoms with Crippen LogP contribution in [0.25, 0.3) is 0 Å². The van der Waals surface area contributed by atoms with Gasteiger partial charge in [0.2, 0.25) is 0 Å². The Morgan fingerprint density at radius 1 is 1.22 bits per heavy atom. The molecule has 0 aliphatic heterocycles. The van der Waals surface area contributed by atoms with E-state index in [2.05, 4.69) is 9.97 Å². The average molecular weight is 242 g/mol. The molecule has 0 aromatic carbocycles. The van der Waals surface area contributed by atoms with Crippen LogP contribution in [-0.4, -0.2) is 21.0 Å². The average Bonchev–Trinajstić information content (AvgIpc) is 2.40. The van der Waals surface area contributed by atoms with E-state index in [0.29, 0.717) is 6.42 Å². The molecule has 2 aromatic heterocycles. The molecule has 0 spiro atoms. The van der Waals surface area contributed by atoms with E-state index < -0.39 is 5.97 Å². The maximum atomic E-state index is 10.9. The van der Waals surface area contributed by atoms with Crippen molar-refractivity contribution in [2.45, 2.75) is 18.8 Å². The van der Waals surface area contributed by atoms with Gasteiger partial charge >= 0.3 is 5.97 Å². The van der Waals surface area contributed by atoms with Gasteiger partial charge in [-0.15, -0.1) is 0 Å². The van der Waals surface area contributed by atoms with E-state index in [9.17, 15) is 4.79 Å². The minimum atomic E-state index is -0.811. The third-order valence-electron chi connectivity index (χ3n) is 2.73. The Morgan fingerprint density at radius 3 is 2.72 bits per heavy atom. The molecule has 4 nitrogen and oxygen atoms in total. The smallest absolute Gasteiger partial charge is 0.304 e. The summed E-state index contributed by atoms with van der Waals surface area (Å²) >= 11 is 0. The lowest BCUT2D eigenvalue weighted by molar-refractivity contribution is -0.137. The van der Waals surface area contributed by atoms with E-state index in [-0.39, 0.29) is 12.3 Å². The molecule has 0 radical (unpaired) electrons. The SMILES string of the molecule is O=C(O)CC(Cc1cccnc1)c1ccccn1. The molecule has 2 heterocycles. The number of hydrogen-bond donors (Lipinski definition) is 1. The van der Waals surface area contributed by atoms with Crippen LogP contribution in [0.15, 0.2) is 48.9 Å². The number of carboxylic acid groups (broad SMARTS) is 1.